The summed E-state index contributed by atoms with van der Waals surface area (Å²) in [5, 5.41) is 0.839. The Balaban J connectivity index is 2.10. The molecule has 1 aromatic rings. The van der Waals surface area contributed by atoms with E-state index in [1.165, 1.54) is 12.8 Å². The number of halogens is 2. The fourth-order valence-electron chi connectivity index (χ4n) is 2.26. The molecule has 1 aromatic heterocycles. The average molecular weight is 260 g/mol. The van der Waals surface area contributed by atoms with Crippen molar-refractivity contribution < 1.29 is 0 Å². The van der Waals surface area contributed by atoms with Crippen LogP contribution >= 0.6 is 23.2 Å². The van der Waals surface area contributed by atoms with E-state index in [1.807, 2.05) is 0 Å². The molecule has 1 fully saturated rings. The Morgan fingerprint density at radius 3 is 2.81 bits per heavy atom. The third-order valence-electron chi connectivity index (χ3n) is 3.21. The molecular weight excluding hydrogens is 245 g/mol. The van der Waals surface area contributed by atoms with Crippen LogP contribution in [0, 0.1) is 5.92 Å². The number of nitrogens with two attached hydrogens (primary N) is 1. The summed E-state index contributed by atoms with van der Waals surface area (Å²) in [6, 6.07) is 0.263. The van der Waals surface area contributed by atoms with Crippen LogP contribution in [0.2, 0.25) is 10.3 Å². The molecule has 5 heteroatoms. The van der Waals surface area contributed by atoms with Gasteiger partial charge in [0, 0.05) is 6.04 Å². The highest BCUT2D eigenvalue weighted by Gasteiger charge is 2.23. The molecule has 0 aromatic carbocycles. The van der Waals surface area contributed by atoms with Crippen molar-refractivity contribution in [3.05, 3.63) is 22.2 Å². The van der Waals surface area contributed by atoms with E-state index in [4.69, 9.17) is 28.9 Å². The molecule has 1 aliphatic carbocycles. The first-order valence-corrected chi connectivity index (χ1v) is 6.35. The standard InChI is InChI=1S/C11H15Cl2N3/c12-8-6-15-11(13)16-10(8)5-7-3-1-2-4-9(7)14/h6-7,9H,1-5,14H2/t7-,9+/m0/s1. The van der Waals surface area contributed by atoms with Gasteiger partial charge in [-0.25, -0.2) is 9.97 Å². The maximum Gasteiger partial charge on any atom is 0.222 e. The summed E-state index contributed by atoms with van der Waals surface area (Å²) in [5.74, 6) is 0.470. The van der Waals surface area contributed by atoms with Gasteiger partial charge in [0.15, 0.2) is 0 Å². The SMILES string of the molecule is N[C@@H]1CCCC[C@H]1Cc1nc(Cl)ncc1Cl. The average Bonchev–Trinajstić information content (AvgIpc) is 2.27. The summed E-state index contributed by atoms with van der Waals surface area (Å²) in [5.41, 5.74) is 6.92. The molecule has 0 saturated heterocycles. The van der Waals surface area contributed by atoms with Crippen LogP contribution in [0.4, 0.5) is 0 Å². The lowest BCUT2D eigenvalue weighted by Gasteiger charge is -2.28. The lowest BCUT2D eigenvalue weighted by atomic mass is 9.82. The number of hydrogen-bond donors (Lipinski definition) is 1. The molecule has 0 bridgehead atoms. The van der Waals surface area contributed by atoms with Crippen LogP contribution in [0.5, 0.6) is 0 Å². The van der Waals surface area contributed by atoms with Gasteiger partial charge in [-0.05, 0) is 36.8 Å². The Kier molecular flexibility index (Phi) is 4.00. The van der Waals surface area contributed by atoms with Gasteiger partial charge in [-0.2, -0.15) is 0 Å². The monoisotopic (exact) mass is 259 g/mol. The van der Waals surface area contributed by atoms with Crippen LogP contribution in [-0.2, 0) is 6.42 Å². The zero-order valence-corrected chi connectivity index (χ0v) is 10.5. The van der Waals surface area contributed by atoms with Gasteiger partial charge in [-0.1, -0.05) is 24.4 Å². The molecule has 0 unspecified atom stereocenters. The second kappa shape index (κ2) is 5.30. The molecule has 0 radical (unpaired) electrons. The highest BCUT2D eigenvalue weighted by atomic mass is 35.5. The van der Waals surface area contributed by atoms with Gasteiger partial charge >= 0.3 is 0 Å². The Labute approximate surface area is 105 Å². The van der Waals surface area contributed by atoms with Crippen molar-refractivity contribution in [2.45, 2.75) is 38.1 Å². The van der Waals surface area contributed by atoms with E-state index in [0.29, 0.717) is 10.9 Å². The summed E-state index contributed by atoms with van der Waals surface area (Å²) >= 11 is 11.8. The zero-order chi connectivity index (χ0) is 11.5. The normalized spacial score (nSPS) is 25.7. The minimum absolute atomic E-state index is 0.254. The van der Waals surface area contributed by atoms with E-state index in [-0.39, 0.29) is 11.3 Å². The van der Waals surface area contributed by atoms with Gasteiger partial charge in [0.2, 0.25) is 5.28 Å². The molecule has 0 aliphatic heterocycles. The van der Waals surface area contributed by atoms with E-state index < -0.39 is 0 Å². The number of hydrogen-bond acceptors (Lipinski definition) is 3. The molecule has 0 amide bonds. The summed E-state index contributed by atoms with van der Waals surface area (Å²) in [6.45, 7) is 0. The smallest absolute Gasteiger partial charge is 0.222 e. The van der Waals surface area contributed by atoms with Crippen molar-refractivity contribution >= 4 is 23.2 Å². The zero-order valence-electron chi connectivity index (χ0n) is 9.00. The minimum atomic E-state index is 0.254. The number of aromatic nitrogens is 2. The van der Waals surface area contributed by atoms with Gasteiger partial charge in [0.25, 0.3) is 0 Å². The number of rotatable bonds is 2. The van der Waals surface area contributed by atoms with Crippen LogP contribution in [0.25, 0.3) is 0 Å². The lowest BCUT2D eigenvalue weighted by molar-refractivity contribution is 0.304. The summed E-state index contributed by atoms with van der Waals surface area (Å²) in [4.78, 5) is 8.01. The molecule has 3 nitrogen and oxygen atoms in total. The largest absolute Gasteiger partial charge is 0.327 e. The Morgan fingerprint density at radius 1 is 1.31 bits per heavy atom. The second-order valence-electron chi connectivity index (χ2n) is 4.35. The summed E-state index contributed by atoms with van der Waals surface area (Å²) < 4.78 is 0. The van der Waals surface area contributed by atoms with E-state index >= 15 is 0 Å². The third-order valence-corrected chi connectivity index (χ3v) is 3.71. The lowest BCUT2D eigenvalue weighted by Crippen LogP contribution is -2.34. The van der Waals surface area contributed by atoms with E-state index in [2.05, 4.69) is 9.97 Å². The van der Waals surface area contributed by atoms with Crippen LogP contribution < -0.4 is 5.73 Å². The maximum atomic E-state index is 6.10. The third kappa shape index (κ3) is 2.84. The van der Waals surface area contributed by atoms with Crippen molar-refractivity contribution in [2.24, 2.45) is 11.7 Å². The molecule has 1 aliphatic rings. The Bertz CT molecular complexity index is 370. The molecule has 2 rings (SSSR count). The summed E-state index contributed by atoms with van der Waals surface area (Å²) in [7, 11) is 0. The van der Waals surface area contributed by atoms with Gasteiger partial charge in [0.1, 0.15) is 0 Å². The molecular formula is C11H15Cl2N3. The van der Waals surface area contributed by atoms with Crippen molar-refractivity contribution in [1.29, 1.82) is 0 Å². The minimum Gasteiger partial charge on any atom is -0.327 e. The van der Waals surface area contributed by atoms with Crippen LogP contribution in [-0.4, -0.2) is 16.0 Å². The summed E-state index contributed by atoms with van der Waals surface area (Å²) in [6.07, 6.45) is 7.09. The highest BCUT2D eigenvalue weighted by Crippen LogP contribution is 2.28. The van der Waals surface area contributed by atoms with Gasteiger partial charge in [-0.3, -0.25) is 0 Å². The predicted molar refractivity (Wildman–Crippen MR) is 65.7 cm³/mol. The van der Waals surface area contributed by atoms with Crippen LogP contribution in [0.15, 0.2) is 6.20 Å². The molecule has 2 atom stereocenters. The van der Waals surface area contributed by atoms with E-state index in [0.717, 1.165) is 25.0 Å². The first-order chi connectivity index (χ1) is 7.66. The maximum absolute atomic E-state index is 6.10. The van der Waals surface area contributed by atoms with Crippen molar-refractivity contribution in [2.75, 3.05) is 0 Å². The highest BCUT2D eigenvalue weighted by molar-refractivity contribution is 6.31. The molecule has 2 N–H and O–H groups in total. The van der Waals surface area contributed by atoms with Crippen molar-refractivity contribution in [3.63, 3.8) is 0 Å². The molecule has 16 heavy (non-hydrogen) atoms. The predicted octanol–water partition coefficient (Wildman–Crippen LogP) is 2.84. The van der Waals surface area contributed by atoms with E-state index in [9.17, 15) is 0 Å². The molecule has 1 heterocycles. The van der Waals surface area contributed by atoms with Crippen LogP contribution in [0.3, 0.4) is 0 Å². The molecule has 0 spiro atoms. The topological polar surface area (TPSA) is 51.8 Å². The first-order valence-electron chi connectivity index (χ1n) is 5.59. The van der Waals surface area contributed by atoms with Gasteiger partial charge in [-0.15, -0.1) is 0 Å². The Morgan fingerprint density at radius 2 is 2.06 bits per heavy atom. The van der Waals surface area contributed by atoms with Crippen molar-refractivity contribution in [3.8, 4) is 0 Å². The van der Waals surface area contributed by atoms with Gasteiger partial charge in [0.05, 0.1) is 16.9 Å². The molecule has 1 saturated carbocycles. The Hall–Kier alpha value is -0.380. The van der Waals surface area contributed by atoms with Crippen LogP contribution in [0.1, 0.15) is 31.4 Å². The van der Waals surface area contributed by atoms with Crippen molar-refractivity contribution in [1.82, 2.24) is 9.97 Å². The quantitative estimate of drug-likeness (QED) is 0.832. The fourth-order valence-corrected chi connectivity index (χ4v) is 2.58. The second-order valence-corrected chi connectivity index (χ2v) is 5.09. The van der Waals surface area contributed by atoms with E-state index in [1.54, 1.807) is 6.20 Å². The van der Waals surface area contributed by atoms with Gasteiger partial charge < -0.3 is 5.73 Å². The fraction of sp³-hybridized carbons (Fsp3) is 0.636. The first kappa shape index (κ1) is 12.1. The molecule has 88 valence electrons. The number of nitrogens with zero attached hydrogens (tertiary/aromatic N) is 2.